The van der Waals surface area contributed by atoms with Gasteiger partial charge in [-0.2, -0.15) is 0 Å². The van der Waals surface area contributed by atoms with Crippen molar-refractivity contribution in [3.8, 4) is 0 Å². The summed E-state index contributed by atoms with van der Waals surface area (Å²) in [6, 6.07) is 0.785. The molecule has 1 aliphatic rings. The van der Waals surface area contributed by atoms with Crippen molar-refractivity contribution in [2.24, 2.45) is 0 Å². The van der Waals surface area contributed by atoms with E-state index in [-0.39, 0.29) is 12.1 Å². The molecular formula is C15H32N2O. The fraction of sp³-hybridized carbons (Fsp3) is 1.00. The Labute approximate surface area is 113 Å². The van der Waals surface area contributed by atoms with Gasteiger partial charge in [-0.05, 0) is 39.3 Å². The molecule has 1 fully saturated rings. The van der Waals surface area contributed by atoms with E-state index in [4.69, 9.17) is 0 Å². The van der Waals surface area contributed by atoms with E-state index in [1.54, 1.807) is 0 Å². The Morgan fingerprint density at radius 1 is 1.22 bits per heavy atom. The van der Waals surface area contributed by atoms with E-state index >= 15 is 0 Å². The highest BCUT2D eigenvalue weighted by Gasteiger charge is 2.25. The fourth-order valence-electron chi connectivity index (χ4n) is 3.09. The van der Waals surface area contributed by atoms with E-state index in [0.717, 1.165) is 32.1 Å². The van der Waals surface area contributed by atoms with E-state index < -0.39 is 0 Å². The number of nitrogens with zero attached hydrogens (tertiary/aromatic N) is 1. The van der Waals surface area contributed by atoms with Gasteiger partial charge in [0.1, 0.15) is 0 Å². The number of rotatable bonds is 8. The summed E-state index contributed by atoms with van der Waals surface area (Å²) < 4.78 is 0. The van der Waals surface area contributed by atoms with Gasteiger partial charge in [-0.25, -0.2) is 0 Å². The van der Waals surface area contributed by atoms with Crippen molar-refractivity contribution in [2.45, 2.75) is 70.9 Å². The predicted molar refractivity (Wildman–Crippen MR) is 77.9 cm³/mol. The van der Waals surface area contributed by atoms with Crippen molar-refractivity contribution in [1.82, 2.24) is 10.2 Å². The zero-order valence-corrected chi connectivity index (χ0v) is 12.5. The lowest BCUT2D eigenvalue weighted by atomic mass is 9.92. The number of hydrogen-bond acceptors (Lipinski definition) is 3. The molecule has 108 valence electrons. The molecule has 1 aliphatic carbocycles. The van der Waals surface area contributed by atoms with E-state index in [1.807, 2.05) is 0 Å². The second-order valence-electron chi connectivity index (χ2n) is 5.92. The van der Waals surface area contributed by atoms with Crippen molar-refractivity contribution in [3.63, 3.8) is 0 Å². The molecule has 0 radical (unpaired) electrons. The molecule has 1 unspecified atom stereocenters. The molecule has 0 heterocycles. The number of nitrogens with one attached hydrogen (secondary N) is 1. The number of hydrogen-bond donors (Lipinski definition) is 2. The molecule has 0 amide bonds. The Bertz CT molecular complexity index is 217. The van der Waals surface area contributed by atoms with Gasteiger partial charge in [0.2, 0.25) is 0 Å². The number of aliphatic hydroxyl groups excluding tert-OH is 1. The first-order valence-corrected chi connectivity index (χ1v) is 7.75. The molecule has 0 aliphatic heterocycles. The van der Waals surface area contributed by atoms with Crippen molar-refractivity contribution in [1.29, 1.82) is 0 Å². The predicted octanol–water partition coefficient (Wildman–Crippen LogP) is 2.39. The van der Waals surface area contributed by atoms with Gasteiger partial charge in [0.15, 0.2) is 0 Å². The Balaban J connectivity index is 2.42. The standard InChI is InChI=1S/C15H32N2O/c1-4-16-15(3,13-18)11-12-17(5-2)14-9-7-6-8-10-14/h14,16,18H,4-13H2,1-3H3. The lowest BCUT2D eigenvalue weighted by Gasteiger charge is -2.37. The van der Waals surface area contributed by atoms with Crippen LogP contribution in [0.3, 0.4) is 0 Å². The summed E-state index contributed by atoms with van der Waals surface area (Å²) in [5.41, 5.74) is -0.114. The van der Waals surface area contributed by atoms with Crippen LogP contribution in [0.15, 0.2) is 0 Å². The summed E-state index contributed by atoms with van der Waals surface area (Å²) >= 11 is 0. The van der Waals surface area contributed by atoms with Crippen molar-refractivity contribution in [3.05, 3.63) is 0 Å². The minimum Gasteiger partial charge on any atom is -0.394 e. The second kappa shape index (κ2) is 8.13. The summed E-state index contributed by atoms with van der Waals surface area (Å²) in [6.07, 6.45) is 7.97. The van der Waals surface area contributed by atoms with Gasteiger partial charge >= 0.3 is 0 Å². The first-order chi connectivity index (χ1) is 8.65. The molecule has 0 spiro atoms. The topological polar surface area (TPSA) is 35.5 Å². The van der Waals surface area contributed by atoms with Crippen LogP contribution in [0.4, 0.5) is 0 Å². The number of likely N-dealkylation sites (N-methyl/N-ethyl adjacent to an activating group) is 1. The fourth-order valence-corrected chi connectivity index (χ4v) is 3.09. The average Bonchev–Trinajstić information content (AvgIpc) is 2.41. The normalized spacial score (nSPS) is 21.2. The lowest BCUT2D eigenvalue weighted by Crippen LogP contribution is -2.49. The summed E-state index contributed by atoms with van der Waals surface area (Å²) in [5.74, 6) is 0. The highest BCUT2D eigenvalue weighted by atomic mass is 16.3. The van der Waals surface area contributed by atoms with E-state index in [1.165, 1.54) is 32.1 Å². The van der Waals surface area contributed by atoms with Gasteiger partial charge in [-0.1, -0.05) is 33.1 Å². The van der Waals surface area contributed by atoms with Crippen molar-refractivity contribution < 1.29 is 5.11 Å². The van der Waals surface area contributed by atoms with Gasteiger partial charge in [0.25, 0.3) is 0 Å². The Hall–Kier alpha value is -0.120. The van der Waals surface area contributed by atoms with Crippen LogP contribution in [0, 0.1) is 0 Å². The average molecular weight is 256 g/mol. The van der Waals surface area contributed by atoms with Crippen LogP contribution in [-0.2, 0) is 0 Å². The van der Waals surface area contributed by atoms with Gasteiger partial charge in [0, 0.05) is 18.1 Å². The summed E-state index contributed by atoms with van der Waals surface area (Å²) in [5, 5.41) is 12.9. The smallest absolute Gasteiger partial charge is 0.0611 e. The van der Waals surface area contributed by atoms with Crippen LogP contribution in [-0.4, -0.2) is 47.8 Å². The molecule has 18 heavy (non-hydrogen) atoms. The van der Waals surface area contributed by atoms with Crippen LogP contribution in [0.25, 0.3) is 0 Å². The van der Waals surface area contributed by atoms with Crippen LogP contribution in [0.1, 0.15) is 59.3 Å². The summed E-state index contributed by atoms with van der Waals surface area (Å²) in [7, 11) is 0. The molecule has 0 saturated heterocycles. The van der Waals surface area contributed by atoms with E-state index in [9.17, 15) is 5.11 Å². The molecular weight excluding hydrogens is 224 g/mol. The van der Waals surface area contributed by atoms with Crippen molar-refractivity contribution in [2.75, 3.05) is 26.2 Å². The maximum Gasteiger partial charge on any atom is 0.0611 e. The summed E-state index contributed by atoms with van der Waals surface area (Å²) in [4.78, 5) is 2.62. The molecule has 3 nitrogen and oxygen atoms in total. The van der Waals surface area contributed by atoms with Gasteiger partial charge in [-0.3, -0.25) is 0 Å². The Morgan fingerprint density at radius 2 is 1.89 bits per heavy atom. The maximum absolute atomic E-state index is 9.53. The van der Waals surface area contributed by atoms with Crippen LogP contribution < -0.4 is 5.32 Å². The zero-order valence-electron chi connectivity index (χ0n) is 12.5. The first kappa shape index (κ1) is 15.9. The number of aliphatic hydroxyl groups is 1. The Kier molecular flexibility index (Phi) is 7.20. The molecule has 0 aromatic heterocycles. The molecule has 0 aromatic rings. The molecule has 1 saturated carbocycles. The third kappa shape index (κ3) is 4.87. The third-order valence-electron chi connectivity index (χ3n) is 4.40. The van der Waals surface area contributed by atoms with E-state index in [2.05, 4.69) is 31.0 Å². The van der Waals surface area contributed by atoms with E-state index in [0.29, 0.717) is 0 Å². The van der Waals surface area contributed by atoms with Crippen molar-refractivity contribution >= 4 is 0 Å². The monoisotopic (exact) mass is 256 g/mol. The van der Waals surface area contributed by atoms with Gasteiger partial charge in [-0.15, -0.1) is 0 Å². The summed E-state index contributed by atoms with van der Waals surface area (Å²) in [6.45, 7) is 9.88. The third-order valence-corrected chi connectivity index (χ3v) is 4.40. The van der Waals surface area contributed by atoms with Gasteiger partial charge in [0.05, 0.1) is 6.61 Å². The van der Waals surface area contributed by atoms with Crippen LogP contribution in [0.5, 0.6) is 0 Å². The molecule has 0 aromatic carbocycles. The first-order valence-electron chi connectivity index (χ1n) is 7.75. The molecule has 2 N–H and O–H groups in total. The highest BCUT2D eigenvalue weighted by molar-refractivity contribution is 4.84. The maximum atomic E-state index is 9.53. The Morgan fingerprint density at radius 3 is 2.39 bits per heavy atom. The molecule has 3 heteroatoms. The molecule has 1 atom stereocenters. The highest BCUT2D eigenvalue weighted by Crippen LogP contribution is 2.23. The van der Waals surface area contributed by atoms with Crippen LogP contribution >= 0.6 is 0 Å². The molecule has 0 bridgehead atoms. The van der Waals surface area contributed by atoms with Gasteiger partial charge < -0.3 is 15.3 Å². The quantitative estimate of drug-likeness (QED) is 0.700. The SMILES string of the molecule is CCNC(C)(CO)CCN(CC)C1CCCCC1. The minimum absolute atomic E-state index is 0.114. The lowest BCUT2D eigenvalue weighted by molar-refractivity contribution is 0.117. The largest absolute Gasteiger partial charge is 0.394 e. The zero-order chi connectivity index (χ0) is 13.4. The van der Waals surface area contributed by atoms with Crippen LogP contribution in [0.2, 0.25) is 0 Å². The second-order valence-corrected chi connectivity index (χ2v) is 5.92. The minimum atomic E-state index is -0.114. The molecule has 1 rings (SSSR count).